The summed E-state index contributed by atoms with van der Waals surface area (Å²) in [5.41, 5.74) is 13.0. The van der Waals surface area contributed by atoms with Crippen molar-refractivity contribution in [2.24, 2.45) is 28.7 Å². The quantitative estimate of drug-likeness (QED) is 0.350. The largest absolute Gasteiger partial charge is 0.488 e. The smallest absolute Gasteiger partial charge is 0.232 e. The fourth-order valence-corrected chi connectivity index (χ4v) is 7.81. The summed E-state index contributed by atoms with van der Waals surface area (Å²) in [5.74, 6) is -0.203. The molecule has 1 aromatic heterocycles. The number of carbonyl (C=O) groups is 2. The van der Waals surface area contributed by atoms with E-state index in [1.807, 2.05) is 4.90 Å². The Morgan fingerprint density at radius 3 is 2.49 bits per heavy atom. The van der Waals surface area contributed by atoms with E-state index in [1.54, 1.807) is 18.5 Å². The summed E-state index contributed by atoms with van der Waals surface area (Å²) in [7, 11) is 2.09. The summed E-state index contributed by atoms with van der Waals surface area (Å²) in [6.07, 6.45) is 12.2. The highest BCUT2D eigenvalue weighted by molar-refractivity contribution is 5.94. The van der Waals surface area contributed by atoms with E-state index < -0.39 is 18.3 Å². The van der Waals surface area contributed by atoms with E-state index in [2.05, 4.69) is 27.6 Å². The topological polar surface area (TPSA) is 139 Å². The van der Waals surface area contributed by atoms with Gasteiger partial charge in [-0.2, -0.15) is 0 Å². The zero-order valence-electron chi connectivity index (χ0n) is 25.8. The minimum atomic E-state index is -0.954. The third-order valence-corrected chi connectivity index (χ3v) is 10.5. The first-order chi connectivity index (χ1) is 20.7. The third-order valence-electron chi connectivity index (χ3n) is 10.5. The van der Waals surface area contributed by atoms with Crippen molar-refractivity contribution in [1.82, 2.24) is 20.1 Å². The lowest BCUT2D eigenvalue weighted by molar-refractivity contribution is -0.138. The Kier molecular flexibility index (Phi) is 10.9. The predicted molar refractivity (Wildman–Crippen MR) is 165 cm³/mol. The lowest BCUT2D eigenvalue weighted by Gasteiger charge is -2.44. The predicted octanol–water partition coefficient (Wildman–Crippen LogP) is 3.02. The fraction of sp³-hybridized carbons (Fsp3) is 0.781. The second-order valence-corrected chi connectivity index (χ2v) is 13.6. The summed E-state index contributed by atoms with van der Waals surface area (Å²) in [6.45, 7) is 3.63. The zero-order chi connectivity index (χ0) is 30.4. The number of amides is 2. The molecule has 4 fully saturated rings. The number of pyridine rings is 1. The van der Waals surface area contributed by atoms with Crippen molar-refractivity contribution in [2.45, 2.75) is 102 Å². The van der Waals surface area contributed by atoms with Gasteiger partial charge in [-0.05, 0) is 70.3 Å². The zero-order valence-corrected chi connectivity index (χ0v) is 25.8. The lowest BCUT2D eigenvalue weighted by atomic mass is 9.65. The average Bonchev–Trinajstić information content (AvgIpc) is 3.00. The Morgan fingerprint density at radius 2 is 1.79 bits per heavy atom. The second-order valence-electron chi connectivity index (χ2n) is 13.6. The molecule has 1 aromatic rings. The van der Waals surface area contributed by atoms with Crippen molar-refractivity contribution in [2.75, 3.05) is 45.1 Å². The Bertz CT molecular complexity index is 1070. The van der Waals surface area contributed by atoms with Gasteiger partial charge < -0.3 is 36.6 Å². The molecule has 1 spiro atoms. The number of piperazine rings is 1. The molecular formula is C32H52FN7O3. The molecule has 3 unspecified atom stereocenters. The van der Waals surface area contributed by atoms with E-state index in [1.165, 1.54) is 6.42 Å². The molecule has 240 valence electrons. The summed E-state index contributed by atoms with van der Waals surface area (Å²) >= 11 is 0. The van der Waals surface area contributed by atoms with Crippen LogP contribution in [0, 0.1) is 17.3 Å². The fourth-order valence-electron chi connectivity index (χ4n) is 7.81. The standard InChI is InChI=1S/C32H52FN7O3/c1-39-15-17-40(18-16-39)31(42)22-5-7-24(8-6-22)43-27-10-14-36-21-26(27)38-30(41)28(29(34)35)25-19-32(11-3-2-4-12-32)13-9-23(33)20-37-25/h10,14,21-25,28-29,37H,2-9,11-13,15-20,34-35H2,1H3,(H,38,41). The van der Waals surface area contributed by atoms with Gasteiger partial charge in [-0.1, -0.05) is 19.3 Å². The van der Waals surface area contributed by atoms with Gasteiger partial charge in [0.05, 0.1) is 24.4 Å². The number of rotatable bonds is 7. The summed E-state index contributed by atoms with van der Waals surface area (Å²) < 4.78 is 21.1. The minimum Gasteiger partial charge on any atom is -0.488 e. The number of nitrogens with one attached hydrogen (secondary N) is 2. The number of nitrogens with two attached hydrogens (primary N) is 2. The van der Waals surface area contributed by atoms with Gasteiger partial charge >= 0.3 is 0 Å². The van der Waals surface area contributed by atoms with Crippen LogP contribution >= 0.6 is 0 Å². The van der Waals surface area contributed by atoms with Crippen molar-refractivity contribution in [3.05, 3.63) is 18.5 Å². The van der Waals surface area contributed by atoms with E-state index in [4.69, 9.17) is 16.2 Å². The highest BCUT2D eigenvalue weighted by Crippen LogP contribution is 2.46. The molecule has 2 saturated carbocycles. The van der Waals surface area contributed by atoms with Crippen LogP contribution in [0.15, 0.2) is 18.5 Å². The first-order valence-electron chi connectivity index (χ1n) is 16.5. The number of nitrogens with zero attached hydrogens (tertiary/aromatic N) is 3. The van der Waals surface area contributed by atoms with Gasteiger partial charge in [0.15, 0.2) is 0 Å². The number of anilines is 1. The van der Waals surface area contributed by atoms with Crippen LogP contribution in [-0.2, 0) is 9.59 Å². The lowest BCUT2D eigenvalue weighted by Crippen LogP contribution is -2.57. The van der Waals surface area contributed by atoms with Gasteiger partial charge in [-0.15, -0.1) is 0 Å². The first-order valence-corrected chi connectivity index (χ1v) is 16.5. The van der Waals surface area contributed by atoms with E-state index in [0.29, 0.717) is 17.9 Å². The van der Waals surface area contributed by atoms with Crippen molar-refractivity contribution < 1.29 is 18.7 Å². The Morgan fingerprint density at radius 1 is 1.07 bits per heavy atom. The maximum atomic E-state index is 14.7. The molecule has 11 heteroatoms. The van der Waals surface area contributed by atoms with Crippen molar-refractivity contribution in [3.63, 3.8) is 0 Å². The van der Waals surface area contributed by atoms with Gasteiger partial charge in [-0.25, -0.2) is 4.39 Å². The van der Waals surface area contributed by atoms with Crippen LogP contribution in [0.25, 0.3) is 0 Å². The number of likely N-dealkylation sites (N-methyl/N-ethyl adjacent to an activating group) is 1. The average molecular weight is 602 g/mol. The van der Waals surface area contributed by atoms with Crippen molar-refractivity contribution in [3.8, 4) is 5.75 Å². The van der Waals surface area contributed by atoms with Crippen LogP contribution in [0.3, 0.4) is 0 Å². The third kappa shape index (κ3) is 8.23. The van der Waals surface area contributed by atoms with Crippen LogP contribution < -0.4 is 26.8 Å². The van der Waals surface area contributed by atoms with E-state index >= 15 is 0 Å². The number of alkyl halides is 1. The number of hydrogen-bond donors (Lipinski definition) is 4. The van der Waals surface area contributed by atoms with E-state index in [0.717, 1.165) is 90.4 Å². The van der Waals surface area contributed by atoms with Crippen molar-refractivity contribution >= 4 is 17.5 Å². The van der Waals surface area contributed by atoms with Crippen LogP contribution in [0.4, 0.5) is 10.1 Å². The van der Waals surface area contributed by atoms with E-state index in [9.17, 15) is 14.0 Å². The number of ether oxygens (including phenoxy) is 1. The molecule has 6 N–H and O–H groups in total. The molecule has 43 heavy (non-hydrogen) atoms. The molecule has 3 atom stereocenters. The number of hydrogen-bond acceptors (Lipinski definition) is 8. The highest BCUT2D eigenvalue weighted by Gasteiger charge is 2.42. The van der Waals surface area contributed by atoms with Gasteiger partial charge in [0.1, 0.15) is 17.6 Å². The molecule has 2 aliphatic carbocycles. The molecule has 4 aliphatic rings. The van der Waals surface area contributed by atoms with Crippen LogP contribution in [0.2, 0.25) is 0 Å². The molecule has 0 bridgehead atoms. The monoisotopic (exact) mass is 601 g/mol. The maximum Gasteiger partial charge on any atom is 0.232 e. The number of halogens is 1. The van der Waals surface area contributed by atoms with Gasteiger partial charge in [0, 0.05) is 56.9 Å². The normalized spacial score (nSPS) is 29.5. The van der Waals surface area contributed by atoms with Crippen LogP contribution in [0.5, 0.6) is 5.75 Å². The Hall–Kier alpha value is -2.34. The summed E-state index contributed by atoms with van der Waals surface area (Å²) in [4.78, 5) is 35.4. The van der Waals surface area contributed by atoms with Gasteiger partial charge in [0.2, 0.25) is 11.8 Å². The molecule has 3 heterocycles. The van der Waals surface area contributed by atoms with Crippen LogP contribution in [0.1, 0.15) is 77.0 Å². The SMILES string of the molecule is CN1CCN(C(=O)C2CCC(Oc3ccncc3NC(=O)C(C(N)N)C3CC4(CCCCC4)CCC(F)CN3)CC2)CC1. The summed E-state index contributed by atoms with van der Waals surface area (Å²) in [5, 5.41) is 6.34. The Labute approximate surface area is 255 Å². The first kappa shape index (κ1) is 32.1. The molecule has 0 aromatic carbocycles. The second kappa shape index (κ2) is 14.6. The number of carbonyl (C=O) groups excluding carboxylic acids is 2. The molecule has 2 amide bonds. The minimum absolute atomic E-state index is 0.0151. The molecular weight excluding hydrogens is 549 g/mol. The van der Waals surface area contributed by atoms with Crippen molar-refractivity contribution in [1.29, 1.82) is 0 Å². The maximum absolute atomic E-state index is 14.7. The van der Waals surface area contributed by atoms with Crippen LogP contribution in [-0.4, -0.2) is 90.9 Å². The molecule has 2 aliphatic heterocycles. The van der Waals surface area contributed by atoms with Gasteiger partial charge in [-0.3, -0.25) is 14.6 Å². The summed E-state index contributed by atoms with van der Waals surface area (Å²) in [6, 6.07) is 1.43. The Balaban J connectivity index is 1.21. The molecule has 10 nitrogen and oxygen atoms in total. The molecule has 5 rings (SSSR count). The molecule has 2 saturated heterocycles. The number of aromatic nitrogens is 1. The highest BCUT2D eigenvalue weighted by atomic mass is 19.1. The molecule has 0 radical (unpaired) electrons. The van der Waals surface area contributed by atoms with Gasteiger partial charge in [0.25, 0.3) is 0 Å². The van der Waals surface area contributed by atoms with E-state index in [-0.39, 0.29) is 41.8 Å².